The van der Waals surface area contributed by atoms with E-state index in [9.17, 15) is 0 Å². The van der Waals surface area contributed by atoms with Gasteiger partial charge in [-0.2, -0.15) is 4.98 Å². The molecule has 0 aromatic carbocycles. The molecule has 0 aliphatic carbocycles. The first kappa shape index (κ1) is 10.8. The van der Waals surface area contributed by atoms with Crippen LogP contribution in [0, 0.1) is 6.92 Å². The third kappa shape index (κ3) is 2.21. The van der Waals surface area contributed by atoms with Crippen molar-refractivity contribution >= 4 is 11.8 Å². The quantitative estimate of drug-likeness (QED) is 0.780. The Morgan fingerprint density at radius 1 is 0.882 bits per heavy atom. The molecule has 4 heteroatoms. The van der Waals surface area contributed by atoms with Crippen LogP contribution in [0.3, 0.4) is 0 Å². The van der Waals surface area contributed by atoms with Crippen LogP contribution in [-0.4, -0.2) is 36.1 Å². The summed E-state index contributed by atoms with van der Waals surface area (Å²) in [5.74, 6) is 2.06. The van der Waals surface area contributed by atoms with E-state index < -0.39 is 0 Å². The van der Waals surface area contributed by atoms with Gasteiger partial charge in [0.25, 0.3) is 0 Å². The Hall–Kier alpha value is -1.32. The molecule has 0 radical (unpaired) electrons. The SMILES string of the molecule is Cc1cc(N2CCCC2)nc(N2CCCC2)n1. The van der Waals surface area contributed by atoms with Crippen LogP contribution in [0.5, 0.6) is 0 Å². The highest BCUT2D eigenvalue weighted by Crippen LogP contribution is 2.23. The Morgan fingerprint density at radius 2 is 1.47 bits per heavy atom. The summed E-state index contributed by atoms with van der Waals surface area (Å²) >= 11 is 0. The summed E-state index contributed by atoms with van der Waals surface area (Å²) in [5, 5.41) is 0. The van der Waals surface area contributed by atoms with Crippen molar-refractivity contribution in [2.24, 2.45) is 0 Å². The fraction of sp³-hybridized carbons (Fsp3) is 0.692. The van der Waals surface area contributed by atoms with E-state index in [0.717, 1.165) is 43.6 Å². The van der Waals surface area contributed by atoms with E-state index in [4.69, 9.17) is 4.98 Å². The standard InChI is InChI=1S/C13H20N4/c1-11-10-12(16-6-2-3-7-16)15-13(14-11)17-8-4-5-9-17/h10H,2-9H2,1H3. The van der Waals surface area contributed by atoms with Crippen LogP contribution in [-0.2, 0) is 0 Å². The largest absolute Gasteiger partial charge is 0.356 e. The summed E-state index contributed by atoms with van der Waals surface area (Å²) in [5.41, 5.74) is 1.09. The van der Waals surface area contributed by atoms with Crippen LogP contribution >= 0.6 is 0 Å². The van der Waals surface area contributed by atoms with Gasteiger partial charge in [0.15, 0.2) is 0 Å². The molecule has 0 bridgehead atoms. The summed E-state index contributed by atoms with van der Waals surface area (Å²) in [6.07, 6.45) is 5.14. The minimum atomic E-state index is 0.935. The molecular formula is C13H20N4. The molecule has 2 aliphatic heterocycles. The maximum Gasteiger partial charge on any atom is 0.227 e. The van der Waals surface area contributed by atoms with Gasteiger partial charge in [0, 0.05) is 37.9 Å². The summed E-state index contributed by atoms with van der Waals surface area (Å²) in [4.78, 5) is 14.0. The number of nitrogens with zero attached hydrogens (tertiary/aromatic N) is 4. The van der Waals surface area contributed by atoms with Crippen molar-refractivity contribution in [3.63, 3.8) is 0 Å². The van der Waals surface area contributed by atoms with E-state index in [2.05, 4.69) is 27.8 Å². The smallest absolute Gasteiger partial charge is 0.227 e. The fourth-order valence-electron chi connectivity index (χ4n) is 2.70. The topological polar surface area (TPSA) is 32.3 Å². The lowest BCUT2D eigenvalue weighted by Crippen LogP contribution is -2.24. The number of hydrogen-bond acceptors (Lipinski definition) is 4. The van der Waals surface area contributed by atoms with Crippen molar-refractivity contribution in [3.05, 3.63) is 11.8 Å². The van der Waals surface area contributed by atoms with Gasteiger partial charge in [0.05, 0.1) is 0 Å². The molecular weight excluding hydrogens is 212 g/mol. The van der Waals surface area contributed by atoms with Crippen molar-refractivity contribution in [2.45, 2.75) is 32.6 Å². The van der Waals surface area contributed by atoms with Crippen molar-refractivity contribution in [1.29, 1.82) is 0 Å². The lowest BCUT2D eigenvalue weighted by atomic mass is 10.4. The van der Waals surface area contributed by atoms with Gasteiger partial charge in [-0.05, 0) is 32.6 Å². The molecule has 2 aliphatic rings. The summed E-state index contributed by atoms with van der Waals surface area (Å²) in [6, 6.07) is 2.12. The normalized spacial score (nSPS) is 20.3. The predicted octanol–water partition coefficient (Wildman–Crippen LogP) is 1.99. The van der Waals surface area contributed by atoms with E-state index in [1.54, 1.807) is 0 Å². The molecule has 2 fully saturated rings. The minimum absolute atomic E-state index is 0.935. The molecule has 92 valence electrons. The van der Waals surface area contributed by atoms with Crippen LogP contribution in [0.2, 0.25) is 0 Å². The third-order valence-electron chi connectivity index (χ3n) is 3.65. The molecule has 2 saturated heterocycles. The second-order valence-electron chi connectivity index (χ2n) is 5.06. The zero-order valence-corrected chi connectivity index (χ0v) is 10.5. The Labute approximate surface area is 103 Å². The monoisotopic (exact) mass is 232 g/mol. The van der Waals surface area contributed by atoms with Crippen LogP contribution in [0.15, 0.2) is 6.07 Å². The van der Waals surface area contributed by atoms with Crippen molar-refractivity contribution < 1.29 is 0 Å². The maximum absolute atomic E-state index is 4.74. The molecule has 3 heterocycles. The first-order valence-electron chi connectivity index (χ1n) is 6.68. The minimum Gasteiger partial charge on any atom is -0.356 e. The Morgan fingerprint density at radius 3 is 2.12 bits per heavy atom. The second kappa shape index (κ2) is 4.51. The van der Waals surface area contributed by atoms with E-state index in [1.165, 1.54) is 25.7 Å². The molecule has 3 rings (SSSR count). The molecule has 17 heavy (non-hydrogen) atoms. The van der Waals surface area contributed by atoms with Crippen LogP contribution in [0.1, 0.15) is 31.4 Å². The Balaban J connectivity index is 1.88. The zero-order chi connectivity index (χ0) is 11.7. The van der Waals surface area contributed by atoms with Crippen LogP contribution < -0.4 is 9.80 Å². The number of rotatable bonds is 2. The lowest BCUT2D eigenvalue weighted by molar-refractivity contribution is 0.862. The number of hydrogen-bond donors (Lipinski definition) is 0. The number of aromatic nitrogens is 2. The molecule has 1 aromatic heterocycles. The molecule has 0 saturated carbocycles. The van der Waals surface area contributed by atoms with Gasteiger partial charge in [-0.3, -0.25) is 0 Å². The average Bonchev–Trinajstić information content (AvgIpc) is 3.02. The molecule has 0 unspecified atom stereocenters. The van der Waals surface area contributed by atoms with Crippen molar-refractivity contribution in [2.75, 3.05) is 36.0 Å². The number of aryl methyl sites for hydroxylation is 1. The van der Waals surface area contributed by atoms with Crippen molar-refractivity contribution in [1.82, 2.24) is 9.97 Å². The van der Waals surface area contributed by atoms with Gasteiger partial charge in [-0.15, -0.1) is 0 Å². The highest BCUT2D eigenvalue weighted by atomic mass is 15.3. The van der Waals surface area contributed by atoms with Gasteiger partial charge in [-0.25, -0.2) is 4.98 Å². The fourth-order valence-corrected chi connectivity index (χ4v) is 2.70. The van der Waals surface area contributed by atoms with E-state index in [0.29, 0.717) is 0 Å². The molecule has 0 atom stereocenters. The number of anilines is 2. The Bertz CT molecular complexity index is 358. The molecule has 0 N–H and O–H groups in total. The third-order valence-corrected chi connectivity index (χ3v) is 3.65. The van der Waals surface area contributed by atoms with Gasteiger partial charge < -0.3 is 9.80 Å². The highest BCUT2D eigenvalue weighted by molar-refractivity contribution is 5.46. The Kier molecular flexibility index (Phi) is 2.87. The average molecular weight is 232 g/mol. The van der Waals surface area contributed by atoms with E-state index >= 15 is 0 Å². The summed E-state index contributed by atoms with van der Waals surface area (Å²) in [6.45, 7) is 6.60. The van der Waals surface area contributed by atoms with Gasteiger partial charge in [0.2, 0.25) is 5.95 Å². The predicted molar refractivity (Wildman–Crippen MR) is 69.7 cm³/mol. The zero-order valence-electron chi connectivity index (χ0n) is 10.5. The molecule has 0 amide bonds. The van der Waals surface area contributed by atoms with Crippen LogP contribution in [0.4, 0.5) is 11.8 Å². The lowest BCUT2D eigenvalue weighted by Gasteiger charge is -2.21. The van der Waals surface area contributed by atoms with Crippen LogP contribution in [0.25, 0.3) is 0 Å². The highest BCUT2D eigenvalue weighted by Gasteiger charge is 2.19. The van der Waals surface area contributed by atoms with Gasteiger partial charge >= 0.3 is 0 Å². The first-order valence-corrected chi connectivity index (χ1v) is 6.68. The maximum atomic E-state index is 4.74. The molecule has 0 spiro atoms. The molecule has 4 nitrogen and oxygen atoms in total. The summed E-state index contributed by atoms with van der Waals surface area (Å²) in [7, 11) is 0. The summed E-state index contributed by atoms with van der Waals surface area (Å²) < 4.78 is 0. The van der Waals surface area contributed by atoms with Gasteiger partial charge in [0.1, 0.15) is 5.82 Å². The molecule has 1 aromatic rings. The second-order valence-corrected chi connectivity index (χ2v) is 5.06. The van der Waals surface area contributed by atoms with E-state index in [-0.39, 0.29) is 0 Å². The van der Waals surface area contributed by atoms with Gasteiger partial charge in [-0.1, -0.05) is 0 Å². The first-order chi connectivity index (χ1) is 8.33. The van der Waals surface area contributed by atoms with E-state index in [1.807, 2.05) is 0 Å². The van der Waals surface area contributed by atoms with Crippen molar-refractivity contribution in [3.8, 4) is 0 Å².